The largest absolute Gasteiger partial charge is 0.493 e. The Morgan fingerprint density at radius 3 is 2.00 bits per heavy atom. The van der Waals surface area contributed by atoms with Gasteiger partial charge in [-0.15, -0.1) is 0 Å². The number of nitrogens with zero attached hydrogens (tertiary/aromatic N) is 1. The lowest BCUT2D eigenvalue weighted by Crippen LogP contribution is -2.48. The topological polar surface area (TPSA) is 107 Å². The quantitative estimate of drug-likeness (QED) is 0.204. The summed E-state index contributed by atoms with van der Waals surface area (Å²) < 4.78 is 21.9. The third-order valence-corrected chi connectivity index (χ3v) is 9.20. The lowest BCUT2D eigenvalue weighted by molar-refractivity contribution is -0.123. The van der Waals surface area contributed by atoms with Crippen molar-refractivity contribution in [1.29, 1.82) is 0 Å². The van der Waals surface area contributed by atoms with Crippen LogP contribution in [-0.2, 0) is 15.0 Å². The van der Waals surface area contributed by atoms with Crippen LogP contribution in [0, 0.1) is 17.8 Å². The van der Waals surface area contributed by atoms with Crippen molar-refractivity contribution in [1.82, 2.24) is 5.43 Å². The van der Waals surface area contributed by atoms with Gasteiger partial charge in [0.1, 0.15) is 0 Å². The first kappa shape index (κ1) is 29.5. The van der Waals surface area contributed by atoms with E-state index in [4.69, 9.17) is 18.9 Å². The van der Waals surface area contributed by atoms with Crippen LogP contribution in [0.15, 0.2) is 71.8 Å². The van der Waals surface area contributed by atoms with Gasteiger partial charge in [0.2, 0.25) is 0 Å². The van der Waals surface area contributed by atoms with Gasteiger partial charge < -0.3 is 24.3 Å². The molecule has 0 unspecified atom stereocenters. The highest BCUT2D eigenvalue weighted by molar-refractivity contribution is 5.92. The van der Waals surface area contributed by atoms with Crippen LogP contribution in [0.1, 0.15) is 49.7 Å². The van der Waals surface area contributed by atoms with Gasteiger partial charge in [0.15, 0.2) is 36.2 Å². The molecule has 2 amide bonds. The first-order valence-corrected chi connectivity index (χ1v) is 15.2. The van der Waals surface area contributed by atoms with Crippen LogP contribution in [-0.4, -0.2) is 45.5 Å². The molecule has 0 spiro atoms. The van der Waals surface area contributed by atoms with Gasteiger partial charge in [0, 0.05) is 5.69 Å². The van der Waals surface area contributed by atoms with Gasteiger partial charge in [-0.3, -0.25) is 9.59 Å². The van der Waals surface area contributed by atoms with E-state index in [0.29, 0.717) is 34.0 Å². The molecule has 9 heteroatoms. The first-order valence-electron chi connectivity index (χ1n) is 15.2. The van der Waals surface area contributed by atoms with Crippen molar-refractivity contribution in [3.63, 3.8) is 0 Å². The molecule has 3 aromatic carbocycles. The van der Waals surface area contributed by atoms with E-state index in [0.717, 1.165) is 23.4 Å². The number of rotatable bonds is 12. The fourth-order valence-electron chi connectivity index (χ4n) is 7.69. The predicted molar refractivity (Wildman–Crippen MR) is 168 cm³/mol. The van der Waals surface area contributed by atoms with Crippen molar-refractivity contribution in [2.75, 3.05) is 32.8 Å². The van der Waals surface area contributed by atoms with E-state index in [1.807, 2.05) is 18.2 Å². The van der Waals surface area contributed by atoms with Gasteiger partial charge >= 0.3 is 0 Å². The average molecular weight is 598 g/mol. The van der Waals surface area contributed by atoms with E-state index in [9.17, 15) is 9.59 Å². The van der Waals surface area contributed by atoms with Crippen LogP contribution in [0.3, 0.4) is 0 Å². The molecule has 0 atom stereocenters. The maximum atomic E-state index is 12.7. The number of hydrogen-bond acceptors (Lipinski definition) is 7. The molecule has 44 heavy (non-hydrogen) atoms. The first-order chi connectivity index (χ1) is 21.4. The maximum absolute atomic E-state index is 12.7. The molecule has 4 fully saturated rings. The number of methoxy groups -OCH3 is 2. The van der Waals surface area contributed by atoms with Gasteiger partial charge in [-0.1, -0.05) is 24.3 Å². The molecule has 4 aliphatic carbocycles. The lowest BCUT2D eigenvalue weighted by atomic mass is 9.48. The summed E-state index contributed by atoms with van der Waals surface area (Å²) in [5.41, 5.74) is 5.63. The minimum absolute atomic E-state index is 0.164. The van der Waals surface area contributed by atoms with E-state index in [1.165, 1.54) is 64.5 Å². The maximum Gasteiger partial charge on any atom is 0.277 e. The number of benzene rings is 3. The van der Waals surface area contributed by atoms with Crippen LogP contribution in [0.2, 0.25) is 0 Å². The Morgan fingerprint density at radius 1 is 0.773 bits per heavy atom. The van der Waals surface area contributed by atoms with E-state index in [-0.39, 0.29) is 19.1 Å². The number of hydrogen-bond donors (Lipinski definition) is 2. The predicted octanol–water partition coefficient (Wildman–Crippen LogP) is 5.72. The molecule has 0 heterocycles. The van der Waals surface area contributed by atoms with E-state index in [2.05, 4.69) is 28.0 Å². The Hall–Kier alpha value is -4.53. The molecule has 9 nitrogen and oxygen atoms in total. The van der Waals surface area contributed by atoms with Gasteiger partial charge in [-0.05, 0) is 115 Å². The normalized spacial score (nSPS) is 23.3. The zero-order valence-electron chi connectivity index (χ0n) is 25.2. The number of para-hydroxylation sites is 2. The number of amides is 2. The zero-order chi connectivity index (χ0) is 30.5. The SMILES string of the molecule is COc1ccccc1OCC(=O)N/N=C/c1ccc(OCC(=O)Nc2ccc(C34CC5CC(CC(C5)C3)C4)cc2)c(OC)c1. The summed E-state index contributed by atoms with van der Waals surface area (Å²) >= 11 is 0. The van der Waals surface area contributed by atoms with Crippen LogP contribution in [0.4, 0.5) is 5.69 Å². The fraction of sp³-hybridized carbons (Fsp3) is 0.400. The number of carbonyl (C=O) groups excluding carboxylic acids is 2. The smallest absolute Gasteiger partial charge is 0.277 e. The second kappa shape index (κ2) is 13.0. The zero-order valence-corrected chi connectivity index (χ0v) is 25.2. The summed E-state index contributed by atoms with van der Waals surface area (Å²) in [6, 6.07) is 20.7. The van der Waals surface area contributed by atoms with Crippen molar-refractivity contribution < 1.29 is 28.5 Å². The summed E-state index contributed by atoms with van der Waals surface area (Å²) in [6.07, 6.45) is 9.71. The number of hydrazone groups is 1. The highest BCUT2D eigenvalue weighted by Crippen LogP contribution is 2.60. The highest BCUT2D eigenvalue weighted by Gasteiger charge is 2.51. The second-order valence-electron chi connectivity index (χ2n) is 12.3. The van der Waals surface area contributed by atoms with Gasteiger partial charge in [-0.2, -0.15) is 5.10 Å². The highest BCUT2D eigenvalue weighted by atomic mass is 16.5. The molecular weight excluding hydrogens is 558 g/mol. The summed E-state index contributed by atoms with van der Waals surface area (Å²) in [7, 11) is 3.05. The molecule has 0 aromatic heterocycles. The lowest BCUT2D eigenvalue weighted by Gasteiger charge is -2.57. The summed E-state index contributed by atoms with van der Waals surface area (Å²) in [5, 5.41) is 6.93. The number of anilines is 1. The number of carbonyl (C=O) groups is 2. The standard InChI is InChI=1S/C35H39N3O6/c1-41-29-5-3-4-6-30(29)44-22-34(40)38-36-20-23-7-12-31(32(16-23)42-2)43-21-33(39)37-28-10-8-27(9-11-28)35-17-24-13-25(18-35)15-26(14-24)19-35/h3-12,16,20,24-26H,13-15,17-19,21-22H2,1-2H3,(H,37,39)(H,38,40)/b36-20+. The monoisotopic (exact) mass is 597 g/mol. The molecular formula is C35H39N3O6. The molecule has 0 radical (unpaired) electrons. The van der Waals surface area contributed by atoms with Crippen molar-refractivity contribution in [2.45, 2.75) is 43.9 Å². The van der Waals surface area contributed by atoms with Crippen molar-refractivity contribution in [3.05, 3.63) is 77.9 Å². The number of nitrogens with one attached hydrogen (secondary N) is 2. The van der Waals surface area contributed by atoms with Crippen LogP contribution < -0.4 is 29.7 Å². The molecule has 4 aliphatic rings. The minimum Gasteiger partial charge on any atom is -0.493 e. The Morgan fingerprint density at radius 2 is 1.36 bits per heavy atom. The molecule has 0 aliphatic heterocycles. The molecule has 4 saturated carbocycles. The van der Waals surface area contributed by atoms with E-state index < -0.39 is 5.91 Å². The van der Waals surface area contributed by atoms with Crippen molar-refractivity contribution >= 4 is 23.7 Å². The molecule has 2 N–H and O–H groups in total. The summed E-state index contributed by atoms with van der Waals surface area (Å²) in [5.74, 6) is 3.88. The minimum atomic E-state index is -0.424. The molecule has 0 saturated heterocycles. The Bertz CT molecular complexity index is 1480. The summed E-state index contributed by atoms with van der Waals surface area (Å²) in [6.45, 7) is -0.384. The van der Waals surface area contributed by atoms with E-state index in [1.54, 1.807) is 36.4 Å². The van der Waals surface area contributed by atoms with E-state index >= 15 is 0 Å². The second-order valence-corrected chi connectivity index (χ2v) is 12.3. The van der Waals surface area contributed by atoms with Crippen molar-refractivity contribution in [2.24, 2.45) is 22.9 Å². The third-order valence-electron chi connectivity index (χ3n) is 9.20. The molecule has 7 rings (SSSR count). The number of ether oxygens (including phenoxy) is 4. The van der Waals surface area contributed by atoms with Crippen LogP contribution >= 0.6 is 0 Å². The molecule has 3 aromatic rings. The van der Waals surface area contributed by atoms with Gasteiger partial charge in [0.05, 0.1) is 20.4 Å². The van der Waals surface area contributed by atoms with Crippen LogP contribution in [0.5, 0.6) is 23.0 Å². The molecule has 4 bridgehead atoms. The fourth-order valence-corrected chi connectivity index (χ4v) is 7.69. The van der Waals surface area contributed by atoms with Crippen molar-refractivity contribution in [3.8, 4) is 23.0 Å². The van der Waals surface area contributed by atoms with Gasteiger partial charge in [-0.25, -0.2) is 5.43 Å². The van der Waals surface area contributed by atoms with Gasteiger partial charge in [0.25, 0.3) is 11.8 Å². The third kappa shape index (κ3) is 6.67. The van der Waals surface area contributed by atoms with Crippen LogP contribution in [0.25, 0.3) is 0 Å². The molecule has 230 valence electrons. The Kier molecular flexibility index (Phi) is 8.72. The Balaban J connectivity index is 0.974. The average Bonchev–Trinajstić information content (AvgIpc) is 3.03. The Labute approximate surface area is 257 Å². The summed E-state index contributed by atoms with van der Waals surface area (Å²) in [4.78, 5) is 24.8.